The first-order valence-corrected chi connectivity index (χ1v) is 15.5. The summed E-state index contributed by atoms with van der Waals surface area (Å²) in [5.74, 6) is 0.985. The van der Waals surface area contributed by atoms with Gasteiger partial charge in [0.05, 0.1) is 24.1 Å². The molecule has 2 saturated carbocycles. The number of hydrogen-bond donors (Lipinski definition) is 0. The van der Waals surface area contributed by atoms with E-state index in [-0.39, 0.29) is 42.5 Å². The summed E-state index contributed by atoms with van der Waals surface area (Å²) in [5.41, 5.74) is 1.13. The molecule has 6 rings (SSSR count). The van der Waals surface area contributed by atoms with Crippen LogP contribution in [-0.4, -0.2) is 50.9 Å². The number of para-hydroxylation sites is 2. The predicted molar refractivity (Wildman–Crippen MR) is 151 cm³/mol. The van der Waals surface area contributed by atoms with E-state index in [1.165, 1.54) is 64.2 Å². The summed E-state index contributed by atoms with van der Waals surface area (Å²) < 4.78 is 6.87. The number of benzene rings is 1. The topological polar surface area (TPSA) is 81.5 Å². The summed E-state index contributed by atoms with van der Waals surface area (Å²) in [6.07, 6.45) is 15.2. The van der Waals surface area contributed by atoms with E-state index in [4.69, 9.17) is 4.74 Å². The number of nitrogens with zero attached hydrogens (tertiary/aromatic N) is 3. The van der Waals surface area contributed by atoms with Crippen molar-refractivity contribution < 1.29 is 14.3 Å². The molecule has 0 spiro atoms. The zero-order valence-electron chi connectivity index (χ0n) is 23.4. The van der Waals surface area contributed by atoms with Gasteiger partial charge in [0.1, 0.15) is 0 Å². The highest BCUT2D eigenvalue weighted by Gasteiger charge is 2.45. The van der Waals surface area contributed by atoms with Crippen LogP contribution in [-0.2, 0) is 9.53 Å². The first kappa shape index (κ1) is 26.7. The molecule has 2 aliphatic heterocycles. The molecule has 3 heterocycles. The maximum absolute atomic E-state index is 13.9. The molecular weight excluding hydrogens is 490 g/mol. The standard InChI is InChI=1S/C32H43N3O4/c1-2-39-30(37)15-14-29(36)31-32(38)35(28-13-6-5-12-27(28)33-31)26-19-23-10-7-11-24(20-26)34(23)25-17-21-8-3-4-9-22(16-21)18-25/h5-6,12-13,21-26H,2-4,7-11,14-20H2,1H3/t21?,22?,23-,24+,25?,26+. The lowest BCUT2D eigenvalue weighted by Crippen LogP contribution is -2.58. The summed E-state index contributed by atoms with van der Waals surface area (Å²) in [4.78, 5) is 46.3. The van der Waals surface area contributed by atoms with E-state index in [0.29, 0.717) is 23.6 Å². The highest BCUT2D eigenvalue weighted by Crippen LogP contribution is 2.47. The number of ketones is 1. The molecule has 2 unspecified atom stereocenters. The van der Waals surface area contributed by atoms with Crippen LogP contribution in [0.4, 0.5) is 0 Å². The van der Waals surface area contributed by atoms with E-state index in [1.54, 1.807) is 6.92 Å². The SMILES string of the molecule is CCOC(=O)CCC(=O)c1nc2ccccc2n([C@H]2C[C@H]3CCC[C@@H](C2)N3C2CC3CCCCC(C3)C2)c1=O. The van der Waals surface area contributed by atoms with Gasteiger partial charge in [0.2, 0.25) is 0 Å². The summed E-state index contributed by atoms with van der Waals surface area (Å²) in [6.45, 7) is 2.02. The lowest BCUT2D eigenvalue weighted by molar-refractivity contribution is -0.143. The maximum Gasteiger partial charge on any atom is 0.306 e. The molecule has 7 nitrogen and oxygen atoms in total. The second kappa shape index (κ2) is 11.5. The van der Waals surface area contributed by atoms with Gasteiger partial charge in [-0.2, -0.15) is 0 Å². The van der Waals surface area contributed by atoms with Crippen LogP contribution in [0.2, 0.25) is 0 Å². The van der Waals surface area contributed by atoms with E-state index in [1.807, 2.05) is 28.8 Å². The minimum absolute atomic E-state index is 0.0352. The predicted octanol–water partition coefficient (Wildman–Crippen LogP) is 5.84. The van der Waals surface area contributed by atoms with E-state index in [9.17, 15) is 14.4 Å². The summed E-state index contributed by atoms with van der Waals surface area (Å²) in [5, 5.41) is 0. The van der Waals surface area contributed by atoms with E-state index in [0.717, 1.165) is 30.2 Å². The smallest absolute Gasteiger partial charge is 0.306 e. The zero-order valence-corrected chi connectivity index (χ0v) is 23.4. The Morgan fingerprint density at radius 2 is 1.54 bits per heavy atom. The van der Waals surface area contributed by atoms with Crippen LogP contribution < -0.4 is 5.56 Å². The van der Waals surface area contributed by atoms with Gasteiger partial charge in [0, 0.05) is 30.6 Å². The number of aromatic nitrogens is 2. The number of Topliss-reactive ketones (excluding diaryl/α,β-unsaturated/α-hetero) is 1. The van der Waals surface area contributed by atoms with Crippen LogP contribution in [0.5, 0.6) is 0 Å². The second-order valence-electron chi connectivity index (χ2n) is 12.5. The molecule has 5 atom stereocenters. The molecule has 1 aromatic carbocycles. The first-order chi connectivity index (χ1) is 19.0. The fraction of sp³-hybridized carbons (Fsp3) is 0.688. The van der Waals surface area contributed by atoms with Gasteiger partial charge in [-0.05, 0) is 75.8 Å². The highest BCUT2D eigenvalue weighted by molar-refractivity contribution is 5.97. The second-order valence-corrected chi connectivity index (χ2v) is 12.5. The Labute approximate surface area is 231 Å². The first-order valence-electron chi connectivity index (χ1n) is 15.5. The number of carbonyl (C=O) groups is 2. The normalized spacial score (nSPS) is 31.0. The minimum Gasteiger partial charge on any atom is -0.466 e. The van der Waals surface area contributed by atoms with Gasteiger partial charge in [-0.1, -0.05) is 44.2 Å². The molecule has 2 aliphatic carbocycles. The Kier molecular flexibility index (Phi) is 7.88. The van der Waals surface area contributed by atoms with Crippen molar-refractivity contribution in [2.45, 2.75) is 121 Å². The lowest BCUT2D eigenvalue weighted by Gasteiger charge is -2.54. The molecule has 4 bridgehead atoms. The number of piperidine rings is 2. The Morgan fingerprint density at radius 3 is 2.23 bits per heavy atom. The molecule has 7 heteroatoms. The summed E-state index contributed by atoms with van der Waals surface area (Å²) in [7, 11) is 0. The fourth-order valence-electron chi connectivity index (χ4n) is 8.57. The Morgan fingerprint density at radius 1 is 0.846 bits per heavy atom. The molecule has 1 aromatic heterocycles. The minimum atomic E-state index is -0.422. The van der Waals surface area contributed by atoms with Crippen molar-refractivity contribution in [1.82, 2.24) is 14.5 Å². The molecule has 39 heavy (non-hydrogen) atoms. The number of esters is 1. The average molecular weight is 534 g/mol. The van der Waals surface area contributed by atoms with E-state index >= 15 is 0 Å². The lowest BCUT2D eigenvalue weighted by atomic mass is 9.73. The highest BCUT2D eigenvalue weighted by atomic mass is 16.5. The Hall–Kier alpha value is -2.54. The maximum atomic E-state index is 13.9. The van der Waals surface area contributed by atoms with E-state index < -0.39 is 5.97 Å². The third-order valence-electron chi connectivity index (χ3n) is 10.1. The number of rotatable bonds is 7. The van der Waals surface area contributed by atoms with Crippen molar-refractivity contribution in [3.8, 4) is 0 Å². The van der Waals surface area contributed by atoms with Crippen molar-refractivity contribution >= 4 is 22.8 Å². The van der Waals surface area contributed by atoms with Gasteiger partial charge in [-0.25, -0.2) is 4.98 Å². The number of ether oxygens (including phenoxy) is 1. The van der Waals surface area contributed by atoms with Gasteiger partial charge in [-0.15, -0.1) is 0 Å². The molecule has 0 radical (unpaired) electrons. The summed E-state index contributed by atoms with van der Waals surface area (Å²) >= 11 is 0. The quantitative estimate of drug-likeness (QED) is 0.329. The van der Waals surface area contributed by atoms with Gasteiger partial charge >= 0.3 is 5.97 Å². The van der Waals surface area contributed by atoms with Gasteiger partial charge in [0.25, 0.3) is 5.56 Å². The Balaban J connectivity index is 1.28. The van der Waals surface area contributed by atoms with Crippen molar-refractivity contribution in [1.29, 1.82) is 0 Å². The largest absolute Gasteiger partial charge is 0.466 e. The van der Waals surface area contributed by atoms with E-state index in [2.05, 4.69) is 9.88 Å². The molecular formula is C32H43N3O4. The molecule has 0 N–H and O–H groups in total. The van der Waals surface area contributed by atoms with Crippen LogP contribution in [0.15, 0.2) is 29.1 Å². The number of hydrogen-bond acceptors (Lipinski definition) is 6. The van der Waals surface area contributed by atoms with Crippen LogP contribution in [0.1, 0.15) is 113 Å². The molecule has 4 aliphatic rings. The van der Waals surface area contributed by atoms with Crippen molar-refractivity contribution in [3.63, 3.8) is 0 Å². The fourth-order valence-corrected chi connectivity index (χ4v) is 8.57. The van der Waals surface area contributed by atoms with Gasteiger partial charge < -0.3 is 9.30 Å². The third-order valence-corrected chi connectivity index (χ3v) is 10.1. The average Bonchev–Trinajstić information content (AvgIpc) is 3.10. The third kappa shape index (κ3) is 5.44. The zero-order chi connectivity index (χ0) is 26.9. The Bertz CT molecular complexity index is 1240. The van der Waals surface area contributed by atoms with Crippen LogP contribution in [0, 0.1) is 11.8 Å². The molecule has 2 aromatic rings. The van der Waals surface area contributed by atoms with Gasteiger partial charge in [0.15, 0.2) is 11.5 Å². The monoisotopic (exact) mass is 533 g/mol. The van der Waals surface area contributed by atoms with Crippen LogP contribution in [0.25, 0.3) is 11.0 Å². The molecule has 4 fully saturated rings. The van der Waals surface area contributed by atoms with Crippen molar-refractivity contribution in [2.24, 2.45) is 11.8 Å². The van der Waals surface area contributed by atoms with Crippen LogP contribution >= 0.6 is 0 Å². The summed E-state index contributed by atoms with van der Waals surface area (Å²) in [6, 6.07) is 9.42. The molecule has 0 amide bonds. The number of fused-ring (bicyclic) bond motifs is 5. The molecule has 2 saturated heterocycles. The van der Waals surface area contributed by atoms with Crippen LogP contribution in [0.3, 0.4) is 0 Å². The van der Waals surface area contributed by atoms with Gasteiger partial charge in [-0.3, -0.25) is 19.3 Å². The number of carbonyl (C=O) groups excluding carboxylic acids is 2. The van der Waals surface area contributed by atoms with Crippen molar-refractivity contribution in [3.05, 3.63) is 40.3 Å². The van der Waals surface area contributed by atoms with Crippen molar-refractivity contribution in [2.75, 3.05) is 6.61 Å². The molecule has 210 valence electrons.